The number of hydrogen-bond donors (Lipinski definition) is 1. The van der Waals surface area contributed by atoms with Crippen LogP contribution in [0.3, 0.4) is 0 Å². The van der Waals surface area contributed by atoms with E-state index in [-0.39, 0.29) is 16.9 Å². The molecule has 1 aromatic rings. The zero-order chi connectivity index (χ0) is 17.5. The first kappa shape index (κ1) is 17.3. The minimum atomic E-state index is 0.0758. The van der Waals surface area contributed by atoms with Crippen LogP contribution in [0.25, 0.3) is 0 Å². The van der Waals surface area contributed by atoms with Gasteiger partial charge in [-0.2, -0.15) is 0 Å². The predicted octanol–water partition coefficient (Wildman–Crippen LogP) is 3.39. The van der Waals surface area contributed by atoms with Crippen molar-refractivity contribution in [3.8, 4) is 0 Å². The second kappa shape index (κ2) is 6.07. The molecule has 0 radical (unpaired) electrons. The molecule has 1 atom stereocenters. The molecular weight excluding hydrogens is 298 g/mol. The summed E-state index contributed by atoms with van der Waals surface area (Å²) in [6, 6.07) is 9.15. The number of amides is 2. The highest BCUT2D eigenvalue weighted by Gasteiger charge is 2.40. The van der Waals surface area contributed by atoms with E-state index >= 15 is 0 Å². The minimum Gasteiger partial charge on any atom is -0.337 e. The summed E-state index contributed by atoms with van der Waals surface area (Å²) in [7, 11) is 0. The Kier molecular flexibility index (Phi) is 4.37. The number of nitrogens with zero attached hydrogens (tertiary/aromatic N) is 2. The SMILES string of the molecule is CC(C)(C)CNC(=O)N1CCN2CC(C)(C)c3ccccc3C2C1. The van der Waals surface area contributed by atoms with Crippen molar-refractivity contribution in [1.29, 1.82) is 0 Å². The standard InChI is InChI=1S/C20H31N3O/c1-19(2,3)13-21-18(24)22-10-11-23-14-20(4,5)16-9-7-6-8-15(16)17(23)12-22/h6-9,17H,10-14H2,1-5H3,(H,21,24). The molecule has 24 heavy (non-hydrogen) atoms. The molecule has 2 heterocycles. The molecule has 0 bridgehead atoms. The molecule has 0 spiro atoms. The first-order chi connectivity index (χ1) is 11.2. The number of hydrogen-bond acceptors (Lipinski definition) is 2. The Bertz CT molecular complexity index is 618. The summed E-state index contributed by atoms with van der Waals surface area (Å²) in [6.07, 6.45) is 0. The van der Waals surface area contributed by atoms with Crippen molar-refractivity contribution in [3.05, 3.63) is 35.4 Å². The maximum atomic E-state index is 12.6. The van der Waals surface area contributed by atoms with Crippen LogP contribution in [0.15, 0.2) is 24.3 Å². The smallest absolute Gasteiger partial charge is 0.317 e. The Morgan fingerprint density at radius 1 is 1.25 bits per heavy atom. The summed E-state index contributed by atoms with van der Waals surface area (Å²) in [6.45, 7) is 15.4. The molecule has 1 N–H and O–H groups in total. The zero-order valence-corrected chi connectivity index (χ0v) is 15.7. The van der Waals surface area contributed by atoms with Crippen LogP contribution < -0.4 is 5.32 Å². The van der Waals surface area contributed by atoms with Crippen LogP contribution in [-0.4, -0.2) is 48.6 Å². The van der Waals surface area contributed by atoms with Crippen LogP contribution >= 0.6 is 0 Å². The largest absolute Gasteiger partial charge is 0.337 e. The van der Waals surface area contributed by atoms with Gasteiger partial charge in [-0.1, -0.05) is 58.9 Å². The normalized spacial score (nSPS) is 23.4. The third-order valence-electron chi connectivity index (χ3n) is 5.20. The summed E-state index contributed by atoms with van der Waals surface area (Å²) in [5.41, 5.74) is 3.10. The molecule has 2 aliphatic heterocycles. The van der Waals surface area contributed by atoms with Crippen LogP contribution in [0.1, 0.15) is 51.8 Å². The number of piperazine rings is 1. The first-order valence-electron chi connectivity index (χ1n) is 9.04. The lowest BCUT2D eigenvalue weighted by Crippen LogP contribution is -2.57. The van der Waals surface area contributed by atoms with Crippen LogP contribution in [0.4, 0.5) is 4.79 Å². The maximum absolute atomic E-state index is 12.6. The molecule has 0 aromatic heterocycles. The van der Waals surface area contributed by atoms with Gasteiger partial charge in [-0.15, -0.1) is 0 Å². The van der Waals surface area contributed by atoms with Crippen molar-refractivity contribution in [1.82, 2.24) is 15.1 Å². The van der Waals surface area contributed by atoms with Crippen molar-refractivity contribution in [2.24, 2.45) is 5.41 Å². The lowest BCUT2D eigenvalue weighted by molar-refractivity contribution is 0.0607. The van der Waals surface area contributed by atoms with E-state index in [1.165, 1.54) is 11.1 Å². The van der Waals surface area contributed by atoms with E-state index in [0.29, 0.717) is 12.6 Å². The average Bonchev–Trinajstić information content (AvgIpc) is 2.51. The van der Waals surface area contributed by atoms with Gasteiger partial charge in [0, 0.05) is 38.1 Å². The fourth-order valence-electron chi connectivity index (χ4n) is 3.94. The van der Waals surface area contributed by atoms with Crippen LogP contribution in [0.2, 0.25) is 0 Å². The minimum absolute atomic E-state index is 0.0758. The Hall–Kier alpha value is -1.55. The molecule has 1 saturated heterocycles. The van der Waals surface area contributed by atoms with Gasteiger partial charge in [-0.05, 0) is 16.5 Å². The molecule has 0 aliphatic carbocycles. The van der Waals surface area contributed by atoms with Crippen LogP contribution in [-0.2, 0) is 5.41 Å². The zero-order valence-electron chi connectivity index (χ0n) is 15.7. The van der Waals surface area contributed by atoms with Crippen LogP contribution in [0.5, 0.6) is 0 Å². The Morgan fingerprint density at radius 3 is 2.67 bits per heavy atom. The molecule has 4 heteroatoms. The molecular formula is C20H31N3O. The second-order valence-corrected chi connectivity index (χ2v) is 9.12. The van der Waals surface area contributed by atoms with Crippen LogP contribution in [0, 0.1) is 5.41 Å². The Morgan fingerprint density at radius 2 is 1.96 bits per heavy atom. The summed E-state index contributed by atoms with van der Waals surface area (Å²) in [4.78, 5) is 17.1. The third-order valence-corrected chi connectivity index (χ3v) is 5.20. The molecule has 1 fully saturated rings. The number of benzene rings is 1. The molecule has 2 amide bonds. The monoisotopic (exact) mass is 329 g/mol. The van der Waals surface area contributed by atoms with Gasteiger partial charge in [0.1, 0.15) is 0 Å². The van der Waals surface area contributed by atoms with Crippen molar-refractivity contribution < 1.29 is 4.79 Å². The molecule has 132 valence electrons. The number of nitrogens with one attached hydrogen (secondary N) is 1. The molecule has 1 unspecified atom stereocenters. The summed E-state index contributed by atoms with van der Waals surface area (Å²) >= 11 is 0. The van der Waals surface area contributed by atoms with Gasteiger partial charge in [0.25, 0.3) is 0 Å². The van der Waals surface area contributed by atoms with Gasteiger partial charge in [0.15, 0.2) is 0 Å². The van der Waals surface area contributed by atoms with Gasteiger partial charge in [-0.3, -0.25) is 4.90 Å². The number of urea groups is 1. The van der Waals surface area contributed by atoms with E-state index in [1.54, 1.807) is 0 Å². The Labute approximate surface area is 146 Å². The highest BCUT2D eigenvalue weighted by molar-refractivity contribution is 5.74. The molecule has 1 aromatic carbocycles. The summed E-state index contributed by atoms with van der Waals surface area (Å²) < 4.78 is 0. The molecule has 3 rings (SSSR count). The lowest BCUT2D eigenvalue weighted by Gasteiger charge is -2.50. The van der Waals surface area contributed by atoms with Gasteiger partial charge in [0.2, 0.25) is 0 Å². The van der Waals surface area contributed by atoms with E-state index in [1.807, 2.05) is 4.90 Å². The number of fused-ring (bicyclic) bond motifs is 3. The molecule has 2 aliphatic rings. The van der Waals surface area contributed by atoms with E-state index in [2.05, 4.69) is 69.1 Å². The average molecular weight is 329 g/mol. The van der Waals surface area contributed by atoms with E-state index in [4.69, 9.17) is 0 Å². The van der Waals surface area contributed by atoms with E-state index < -0.39 is 0 Å². The topological polar surface area (TPSA) is 35.6 Å². The Balaban J connectivity index is 1.76. The van der Waals surface area contributed by atoms with Crippen molar-refractivity contribution in [2.45, 2.75) is 46.1 Å². The highest BCUT2D eigenvalue weighted by Crippen LogP contribution is 2.40. The fourth-order valence-corrected chi connectivity index (χ4v) is 3.94. The van der Waals surface area contributed by atoms with Gasteiger partial charge in [-0.25, -0.2) is 4.79 Å². The molecule has 0 saturated carbocycles. The third kappa shape index (κ3) is 3.44. The second-order valence-electron chi connectivity index (χ2n) is 9.12. The maximum Gasteiger partial charge on any atom is 0.317 e. The highest BCUT2D eigenvalue weighted by atomic mass is 16.2. The van der Waals surface area contributed by atoms with Gasteiger partial charge < -0.3 is 10.2 Å². The summed E-state index contributed by atoms with van der Waals surface area (Å²) in [5.74, 6) is 0. The van der Waals surface area contributed by atoms with E-state index in [0.717, 1.165) is 26.2 Å². The summed E-state index contributed by atoms with van der Waals surface area (Å²) in [5, 5.41) is 3.10. The van der Waals surface area contributed by atoms with Crippen molar-refractivity contribution in [2.75, 3.05) is 32.7 Å². The quantitative estimate of drug-likeness (QED) is 0.857. The number of carbonyl (C=O) groups excluding carboxylic acids is 1. The van der Waals surface area contributed by atoms with Crippen molar-refractivity contribution >= 4 is 6.03 Å². The van der Waals surface area contributed by atoms with E-state index in [9.17, 15) is 4.79 Å². The van der Waals surface area contributed by atoms with Gasteiger partial charge >= 0.3 is 6.03 Å². The van der Waals surface area contributed by atoms with Crippen molar-refractivity contribution in [3.63, 3.8) is 0 Å². The molecule has 4 nitrogen and oxygen atoms in total. The first-order valence-corrected chi connectivity index (χ1v) is 9.04. The van der Waals surface area contributed by atoms with Gasteiger partial charge in [0.05, 0.1) is 6.04 Å². The fraction of sp³-hybridized carbons (Fsp3) is 0.650. The predicted molar refractivity (Wildman–Crippen MR) is 98.2 cm³/mol. The lowest BCUT2D eigenvalue weighted by atomic mass is 9.75. The number of carbonyl (C=O) groups is 1. The number of rotatable bonds is 1.